The SMILES string of the molecule is CN1CCCCC1Cc1nc(CN)no1. The fraction of sp³-hybridized carbons (Fsp3) is 0.800. The Morgan fingerprint density at radius 2 is 2.40 bits per heavy atom. The van der Waals surface area contributed by atoms with E-state index in [1.807, 2.05) is 0 Å². The van der Waals surface area contributed by atoms with Crippen LogP contribution in [0.4, 0.5) is 0 Å². The lowest BCUT2D eigenvalue weighted by Gasteiger charge is -2.31. The van der Waals surface area contributed by atoms with Crippen molar-refractivity contribution in [2.24, 2.45) is 5.73 Å². The van der Waals surface area contributed by atoms with E-state index >= 15 is 0 Å². The first kappa shape index (κ1) is 10.6. The molecule has 1 aromatic rings. The molecule has 2 N–H and O–H groups in total. The van der Waals surface area contributed by atoms with Gasteiger partial charge >= 0.3 is 0 Å². The first-order valence-electron chi connectivity index (χ1n) is 5.51. The minimum atomic E-state index is 0.351. The number of hydrogen-bond acceptors (Lipinski definition) is 5. The van der Waals surface area contributed by atoms with Gasteiger partial charge < -0.3 is 15.2 Å². The number of aromatic nitrogens is 2. The van der Waals surface area contributed by atoms with Crippen LogP contribution in [-0.4, -0.2) is 34.7 Å². The van der Waals surface area contributed by atoms with Gasteiger partial charge in [0.1, 0.15) is 0 Å². The molecule has 0 saturated carbocycles. The van der Waals surface area contributed by atoms with E-state index in [0.717, 1.165) is 6.42 Å². The Kier molecular flexibility index (Phi) is 3.33. The average Bonchev–Trinajstić information content (AvgIpc) is 2.69. The van der Waals surface area contributed by atoms with Gasteiger partial charge in [-0.05, 0) is 26.4 Å². The number of piperidine rings is 1. The van der Waals surface area contributed by atoms with Crippen molar-refractivity contribution in [3.05, 3.63) is 11.7 Å². The summed E-state index contributed by atoms with van der Waals surface area (Å²) in [6.07, 6.45) is 4.66. The quantitative estimate of drug-likeness (QED) is 0.789. The van der Waals surface area contributed by atoms with Crippen LogP contribution in [0.15, 0.2) is 4.52 Å². The summed E-state index contributed by atoms with van der Waals surface area (Å²) in [6, 6.07) is 0.546. The van der Waals surface area contributed by atoms with Crippen molar-refractivity contribution >= 4 is 0 Å². The average molecular weight is 210 g/mol. The van der Waals surface area contributed by atoms with E-state index in [0.29, 0.717) is 24.3 Å². The highest BCUT2D eigenvalue weighted by Gasteiger charge is 2.21. The van der Waals surface area contributed by atoms with E-state index in [2.05, 4.69) is 22.1 Å². The van der Waals surface area contributed by atoms with Gasteiger partial charge in [-0.2, -0.15) is 4.98 Å². The topological polar surface area (TPSA) is 68.2 Å². The number of nitrogens with zero attached hydrogens (tertiary/aromatic N) is 3. The molecule has 84 valence electrons. The second-order valence-corrected chi connectivity index (χ2v) is 4.14. The van der Waals surface area contributed by atoms with Crippen molar-refractivity contribution in [2.75, 3.05) is 13.6 Å². The molecular formula is C10H18N4O. The van der Waals surface area contributed by atoms with E-state index in [1.165, 1.54) is 25.8 Å². The van der Waals surface area contributed by atoms with Crippen LogP contribution in [0.3, 0.4) is 0 Å². The summed E-state index contributed by atoms with van der Waals surface area (Å²) in [5.41, 5.74) is 5.43. The van der Waals surface area contributed by atoms with Crippen molar-refractivity contribution in [3.8, 4) is 0 Å². The minimum Gasteiger partial charge on any atom is -0.339 e. The molecule has 15 heavy (non-hydrogen) atoms. The van der Waals surface area contributed by atoms with E-state index in [9.17, 15) is 0 Å². The molecule has 5 heteroatoms. The number of nitrogens with two attached hydrogens (primary N) is 1. The molecule has 1 unspecified atom stereocenters. The molecular weight excluding hydrogens is 192 g/mol. The van der Waals surface area contributed by atoms with Gasteiger partial charge in [-0.25, -0.2) is 0 Å². The number of likely N-dealkylation sites (tertiary alicyclic amines) is 1. The smallest absolute Gasteiger partial charge is 0.228 e. The largest absolute Gasteiger partial charge is 0.339 e. The van der Waals surface area contributed by atoms with Gasteiger partial charge in [0.05, 0.1) is 6.54 Å². The standard InChI is InChI=1S/C10H18N4O/c1-14-5-3-2-4-8(14)6-10-12-9(7-11)13-15-10/h8H,2-7,11H2,1H3. The molecule has 2 rings (SSSR count). The normalized spacial score (nSPS) is 23.2. The van der Waals surface area contributed by atoms with Crippen molar-refractivity contribution in [1.82, 2.24) is 15.0 Å². The summed E-state index contributed by atoms with van der Waals surface area (Å²) in [6.45, 7) is 1.52. The Labute approximate surface area is 89.6 Å². The van der Waals surface area contributed by atoms with Gasteiger partial charge in [0.15, 0.2) is 5.82 Å². The number of likely N-dealkylation sites (N-methyl/N-ethyl adjacent to an activating group) is 1. The van der Waals surface area contributed by atoms with Crippen LogP contribution in [0.5, 0.6) is 0 Å². The second-order valence-electron chi connectivity index (χ2n) is 4.14. The van der Waals surface area contributed by atoms with Crippen LogP contribution < -0.4 is 5.73 Å². The monoisotopic (exact) mass is 210 g/mol. The van der Waals surface area contributed by atoms with Crippen LogP contribution in [0.2, 0.25) is 0 Å². The van der Waals surface area contributed by atoms with E-state index in [-0.39, 0.29) is 0 Å². The number of hydrogen-bond donors (Lipinski definition) is 1. The molecule has 0 radical (unpaired) electrons. The summed E-state index contributed by atoms with van der Waals surface area (Å²) >= 11 is 0. The highest BCUT2D eigenvalue weighted by atomic mass is 16.5. The predicted octanol–water partition coefficient (Wildman–Crippen LogP) is 0.555. The minimum absolute atomic E-state index is 0.351. The Morgan fingerprint density at radius 1 is 1.53 bits per heavy atom. The Morgan fingerprint density at radius 3 is 3.07 bits per heavy atom. The van der Waals surface area contributed by atoms with Crippen molar-refractivity contribution < 1.29 is 4.52 Å². The van der Waals surface area contributed by atoms with Gasteiger partial charge in [-0.1, -0.05) is 11.6 Å². The van der Waals surface area contributed by atoms with E-state index in [4.69, 9.17) is 10.3 Å². The van der Waals surface area contributed by atoms with Gasteiger partial charge in [-0.15, -0.1) is 0 Å². The fourth-order valence-electron chi connectivity index (χ4n) is 2.06. The molecule has 0 aromatic carbocycles. The zero-order valence-electron chi connectivity index (χ0n) is 9.15. The molecule has 0 amide bonds. The maximum absolute atomic E-state index is 5.43. The molecule has 1 aliphatic heterocycles. The third-order valence-corrected chi connectivity index (χ3v) is 3.02. The number of rotatable bonds is 3. The highest BCUT2D eigenvalue weighted by Crippen LogP contribution is 2.18. The van der Waals surface area contributed by atoms with Crippen LogP contribution in [0, 0.1) is 0 Å². The fourth-order valence-corrected chi connectivity index (χ4v) is 2.06. The summed E-state index contributed by atoms with van der Waals surface area (Å²) in [5.74, 6) is 1.32. The third kappa shape index (κ3) is 2.54. The van der Waals surface area contributed by atoms with Crippen molar-refractivity contribution in [3.63, 3.8) is 0 Å². The Bertz CT molecular complexity index is 312. The zero-order chi connectivity index (χ0) is 10.7. The van der Waals surface area contributed by atoms with Gasteiger partial charge in [0.25, 0.3) is 0 Å². The molecule has 5 nitrogen and oxygen atoms in total. The lowest BCUT2D eigenvalue weighted by Crippen LogP contribution is -2.37. The molecule has 1 aliphatic rings. The first-order chi connectivity index (χ1) is 7.29. The van der Waals surface area contributed by atoms with Crippen LogP contribution in [0.25, 0.3) is 0 Å². The maximum atomic E-state index is 5.43. The van der Waals surface area contributed by atoms with Crippen LogP contribution >= 0.6 is 0 Å². The van der Waals surface area contributed by atoms with E-state index in [1.54, 1.807) is 0 Å². The molecule has 0 aliphatic carbocycles. The zero-order valence-corrected chi connectivity index (χ0v) is 9.15. The van der Waals surface area contributed by atoms with E-state index < -0.39 is 0 Å². The summed E-state index contributed by atoms with van der Waals surface area (Å²) in [7, 11) is 2.16. The maximum Gasteiger partial charge on any atom is 0.228 e. The molecule has 0 spiro atoms. The van der Waals surface area contributed by atoms with Crippen molar-refractivity contribution in [2.45, 2.75) is 38.3 Å². The molecule has 2 heterocycles. The Hall–Kier alpha value is -0.940. The predicted molar refractivity (Wildman–Crippen MR) is 56.2 cm³/mol. The van der Waals surface area contributed by atoms with Gasteiger partial charge in [0.2, 0.25) is 5.89 Å². The lowest BCUT2D eigenvalue weighted by atomic mass is 10.0. The summed E-state index contributed by atoms with van der Waals surface area (Å²) in [4.78, 5) is 6.60. The molecule has 1 fully saturated rings. The van der Waals surface area contributed by atoms with Gasteiger partial charge in [-0.3, -0.25) is 0 Å². The molecule has 1 aromatic heterocycles. The highest BCUT2D eigenvalue weighted by molar-refractivity contribution is 4.90. The molecule has 0 bridgehead atoms. The molecule has 1 saturated heterocycles. The van der Waals surface area contributed by atoms with Gasteiger partial charge in [0, 0.05) is 12.5 Å². The first-order valence-corrected chi connectivity index (χ1v) is 5.51. The lowest BCUT2D eigenvalue weighted by molar-refractivity contribution is 0.173. The third-order valence-electron chi connectivity index (χ3n) is 3.02. The van der Waals surface area contributed by atoms with Crippen molar-refractivity contribution in [1.29, 1.82) is 0 Å². The van der Waals surface area contributed by atoms with Crippen LogP contribution in [0.1, 0.15) is 31.0 Å². The molecule has 1 atom stereocenters. The Balaban J connectivity index is 1.95. The summed E-state index contributed by atoms with van der Waals surface area (Å²) in [5, 5.41) is 3.80. The summed E-state index contributed by atoms with van der Waals surface area (Å²) < 4.78 is 5.14. The van der Waals surface area contributed by atoms with Crippen LogP contribution in [-0.2, 0) is 13.0 Å². The second kappa shape index (κ2) is 4.72.